The Balaban J connectivity index is 1.27. The molecule has 2 atom stereocenters. The fourth-order valence-corrected chi connectivity index (χ4v) is 5.66. The maximum Gasteiger partial charge on any atom is 0.233 e. The molecule has 6 rings (SSSR count). The topological polar surface area (TPSA) is 78.3 Å². The zero-order chi connectivity index (χ0) is 24.5. The summed E-state index contributed by atoms with van der Waals surface area (Å²) in [5.74, 6) is 2.07. The van der Waals surface area contributed by atoms with Gasteiger partial charge in [0.25, 0.3) is 0 Å². The number of nitrogens with zero attached hydrogens (tertiary/aromatic N) is 3. The molecule has 0 radical (unpaired) electrons. The standard InChI is InChI=1S/C28H26N4O3S/c1-18(27(33)29-23-13-7-9-19-8-5-6-12-22(19)23)36-28-31-30-26(32(28)21-10-3-2-4-11-21)20-14-15-24-25(16-20)35-17-34-24/h2-6,8,10-12,14-16,18,23H,7,9,13,17H2,1H3,(H,29,33)/t18-,23-/m0/s1. The van der Waals surface area contributed by atoms with Crippen molar-refractivity contribution in [3.05, 3.63) is 83.9 Å². The van der Waals surface area contributed by atoms with Crippen LogP contribution in [0.2, 0.25) is 0 Å². The quantitative estimate of drug-likeness (QED) is 0.362. The van der Waals surface area contributed by atoms with Crippen molar-refractivity contribution in [3.8, 4) is 28.6 Å². The second kappa shape index (κ2) is 9.70. The van der Waals surface area contributed by atoms with Gasteiger partial charge in [-0.2, -0.15) is 0 Å². The van der Waals surface area contributed by atoms with E-state index in [0.29, 0.717) is 22.5 Å². The fraction of sp³-hybridized carbons (Fsp3) is 0.250. The summed E-state index contributed by atoms with van der Waals surface area (Å²) in [6, 6.07) is 24.1. The Morgan fingerprint density at radius 1 is 1.03 bits per heavy atom. The third-order valence-corrected chi connectivity index (χ3v) is 7.66. The first-order chi connectivity index (χ1) is 17.7. The second-order valence-electron chi connectivity index (χ2n) is 8.96. The zero-order valence-electron chi connectivity index (χ0n) is 19.9. The molecule has 0 saturated heterocycles. The van der Waals surface area contributed by atoms with Crippen LogP contribution in [0.1, 0.15) is 36.9 Å². The number of fused-ring (bicyclic) bond motifs is 2. The molecule has 2 aliphatic rings. The Morgan fingerprint density at radius 3 is 2.72 bits per heavy atom. The van der Waals surface area contributed by atoms with Crippen molar-refractivity contribution < 1.29 is 14.3 Å². The van der Waals surface area contributed by atoms with E-state index in [-0.39, 0.29) is 24.0 Å². The summed E-state index contributed by atoms with van der Waals surface area (Å²) in [5, 5.41) is 12.6. The molecule has 4 aromatic rings. The maximum absolute atomic E-state index is 13.3. The van der Waals surface area contributed by atoms with E-state index >= 15 is 0 Å². The minimum absolute atomic E-state index is 0.00561. The summed E-state index contributed by atoms with van der Waals surface area (Å²) in [6.45, 7) is 2.13. The molecular weight excluding hydrogens is 472 g/mol. The van der Waals surface area contributed by atoms with E-state index in [2.05, 4.69) is 33.7 Å². The van der Waals surface area contributed by atoms with E-state index in [1.807, 2.05) is 66.1 Å². The summed E-state index contributed by atoms with van der Waals surface area (Å²) < 4.78 is 13.0. The molecule has 36 heavy (non-hydrogen) atoms. The van der Waals surface area contributed by atoms with Crippen LogP contribution in [0.5, 0.6) is 11.5 Å². The molecule has 0 saturated carbocycles. The van der Waals surface area contributed by atoms with E-state index < -0.39 is 0 Å². The number of amides is 1. The molecular formula is C28H26N4O3S. The van der Waals surface area contributed by atoms with E-state index in [9.17, 15) is 4.79 Å². The van der Waals surface area contributed by atoms with Crippen molar-refractivity contribution in [2.75, 3.05) is 6.79 Å². The number of nitrogens with one attached hydrogen (secondary N) is 1. The number of hydrogen-bond acceptors (Lipinski definition) is 6. The third kappa shape index (κ3) is 4.33. The van der Waals surface area contributed by atoms with Crippen molar-refractivity contribution in [1.82, 2.24) is 20.1 Å². The average Bonchev–Trinajstić information content (AvgIpc) is 3.56. The van der Waals surface area contributed by atoms with Crippen LogP contribution in [-0.2, 0) is 11.2 Å². The number of hydrogen-bond donors (Lipinski definition) is 1. The van der Waals surface area contributed by atoms with Crippen LogP contribution in [0, 0.1) is 0 Å². The van der Waals surface area contributed by atoms with Gasteiger partial charge in [0.2, 0.25) is 12.7 Å². The van der Waals surface area contributed by atoms with Crippen LogP contribution in [-0.4, -0.2) is 32.7 Å². The summed E-state index contributed by atoms with van der Waals surface area (Å²) in [4.78, 5) is 13.3. The van der Waals surface area contributed by atoms with E-state index in [4.69, 9.17) is 9.47 Å². The molecule has 1 aliphatic heterocycles. The molecule has 1 N–H and O–H groups in total. The SMILES string of the molecule is C[C@H](Sc1nnc(-c2ccc3c(c2)OCO3)n1-c1ccccc1)C(=O)N[C@H]1CCCc2ccccc21. The van der Waals surface area contributed by atoms with Crippen molar-refractivity contribution in [1.29, 1.82) is 0 Å². The van der Waals surface area contributed by atoms with Gasteiger partial charge in [0.15, 0.2) is 22.5 Å². The van der Waals surface area contributed by atoms with E-state index in [1.165, 1.54) is 22.9 Å². The van der Waals surface area contributed by atoms with Crippen LogP contribution >= 0.6 is 11.8 Å². The first-order valence-corrected chi connectivity index (χ1v) is 13.0. The number of carbonyl (C=O) groups excluding carboxylic acids is 1. The van der Waals surface area contributed by atoms with Gasteiger partial charge in [-0.25, -0.2) is 0 Å². The smallest absolute Gasteiger partial charge is 0.233 e. The largest absolute Gasteiger partial charge is 0.454 e. The molecule has 182 valence electrons. The van der Waals surface area contributed by atoms with Gasteiger partial charge in [-0.3, -0.25) is 9.36 Å². The highest BCUT2D eigenvalue weighted by molar-refractivity contribution is 8.00. The number of aryl methyl sites for hydroxylation is 1. The Labute approximate surface area is 213 Å². The van der Waals surface area contributed by atoms with Crippen molar-refractivity contribution in [2.45, 2.75) is 42.6 Å². The van der Waals surface area contributed by atoms with Crippen LogP contribution < -0.4 is 14.8 Å². The highest BCUT2D eigenvalue weighted by Crippen LogP contribution is 2.37. The minimum Gasteiger partial charge on any atom is -0.454 e. The predicted octanol–water partition coefficient (Wildman–Crippen LogP) is 5.34. The number of ether oxygens (including phenoxy) is 2. The molecule has 1 aromatic heterocycles. The van der Waals surface area contributed by atoms with Crippen LogP contribution in [0.4, 0.5) is 0 Å². The zero-order valence-corrected chi connectivity index (χ0v) is 20.7. The molecule has 2 heterocycles. The minimum atomic E-state index is -0.352. The molecule has 1 aliphatic carbocycles. The lowest BCUT2D eigenvalue weighted by molar-refractivity contribution is -0.121. The molecule has 3 aromatic carbocycles. The first-order valence-electron chi connectivity index (χ1n) is 12.1. The molecule has 8 heteroatoms. The first kappa shape index (κ1) is 22.7. The summed E-state index contributed by atoms with van der Waals surface area (Å²) in [7, 11) is 0. The number of aromatic nitrogens is 3. The number of thioether (sulfide) groups is 1. The number of carbonyl (C=O) groups is 1. The van der Waals surface area contributed by atoms with E-state index in [0.717, 1.165) is 30.5 Å². The Morgan fingerprint density at radius 2 is 1.83 bits per heavy atom. The van der Waals surface area contributed by atoms with E-state index in [1.54, 1.807) is 0 Å². The number of rotatable bonds is 6. The normalized spacial score (nSPS) is 16.9. The van der Waals surface area contributed by atoms with Crippen LogP contribution in [0.3, 0.4) is 0 Å². The van der Waals surface area contributed by atoms with Gasteiger partial charge in [0.1, 0.15) is 0 Å². The summed E-state index contributed by atoms with van der Waals surface area (Å²) >= 11 is 1.41. The highest BCUT2D eigenvalue weighted by Gasteiger charge is 2.27. The van der Waals surface area contributed by atoms with Gasteiger partial charge in [-0.1, -0.05) is 54.2 Å². The molecule has 0 unspecified atom stereocenters. The van der Waals surface area contributed by atoms with Crippen molar-refractivity contribution >= 4 is 17.7 Å². The fourth-order valence-electron chi connectivity index (χ4n) is 4.78. The summed E-state index contributed by atoms with van der Waals surface area (Å²) in [5.41, 5.74) is 4.34. The lowest BCUT2D eigenvalue weighted by atomic mass is 9.88. The van der Waals surface area contributed by atoms with Crippen molar-refractivity contribution in [2.24, 2.45) is 0 Å². The maximum atomic E-state index is 13.3. The molecule has 1 amide bonds. The van der Waals surface area contributed by atoms with Gasteiger partial charge < -0.3 is 14.8 Å². The van der Waals surface area contributed by atoms with Crippen molar-refractivity contribution in [3.63, 3.8) is 0 Å². The molecule has 0 bridgehead atoms. The van der Waals surface area contributed by atoms with Gasteiger partial charge in [-0.15, -0.1) is 10.2 Å². The second-order valence-corrected chi connectivity index (χ2v) is 10.3. The van der Waals surface area contributed by atoms with Gasteiger partial charge in [0.05, 0.1) is 11.3 Å². The Hall–Kier alpha value is -3.78. The van der Waals surface area contributed by atoms with Crippen LogP contribution in [0.15, 0.2) is 78.0 Å². The average molecular weight is 499 g/mol. The van der Waals surface area contributed by atoms with Crippen LogP contribution in [0.25, 0.3) is 17.1 Å². The number of para-hydroxylation sites is 1. The molecule has 0 spiro atoms. The van der Waals surface area contributed by atoms with Gasteiger partial charge >= 0.3 is 0 Å². The lowest BCUT2D eigenvalue weighted by Crippen LogP contribution is -2.36. The molecule has 0 fully saturated rings. The highest BCUT2D eigenvalue weighted by atomic mass is 32.2. The molecule has 7 nitrogen and oxygen atoms in total. The monoisotopic (exact) mass is 498 g/mol. The predicted molar refractivity (Wildman–Crippen MR) is 139 cm³/mol. The summed E-state index contributed by atoms with van der Waals surface area (Å²) in [6.07, 6.45) is 3.09. The number of benzene rings is 3. The van der Waals surface area contributed by atoms with Gasteiger partial charge in [-0.05, 0) is 67.6 Å². The third-order valence-electron chi connectivity index (χ3n) is 6.62. The van der Waals surface area contributed by atoms with Gasteiger partial charge in [0, 0.05) is 11.3 Å². The lowest BCUT2D eigenvalue weighted by Gasteiger charge is -2.27. The Kier molecular flexibility index (Phi) is 6.11. The Bertz CT molecular complexity index is 1410.